The number of carbonyl (C=O) groups excluding carboxylic acids is 3. The van der Waals surface area contributed by atoms with Gasteiger partial charge < -0.3 is 39.8 Å². The first-order chi connectivity index (χ1) is 23.1. The van der Waals surface area contributed by atoms with Gasteiger partial charge in [0.15, 0.2) is 0 Å². The van der Waals surface area contributed by atoms with Crippen LogP contribution in [0.15, 0.2) is 42.5 Å². The second-order valence-electron chi connectivity index (χ2n) is 13.4. The second kappa shape index (κ2) is 18.1. The minimum absolute atomic E-state index is 0.0594. The fourth-order valence-corrected chi connectivity index (χ4v) is 6.45. The van der Waals surface area contributed by atoms with Gasteiger partial charge in [-0.2, -0.15) is 0 Å². The highest BCUT2D eigenvalue weighted by Crippen LogP contribution is 2.29. The van der Waals surface area contributed by atoms with Crippen molar-refractivity contribution in [2.24, 2.45) is 11.8 Å². The van der Waals surface area contributed by atoms with Crippen LogP contribution in [-0.2, 0) is 9.53 Å². The third kappa shape index (κ3) is 10.3. The summed E-state index contributed by atoms with van der Waals surface area (Å²) in [5, 5.41) is 15.9. The van der Waals surface area contributed by atoms with Crippen molar-refractivity contribution in [2.45, 2.75) is 90.4 Å². The van der Waals surface area contributed by atoms with Crippen molar-refractivity contribution in [1.29, 1.82) is 0 Å². The van der Waals surface area contributed by atoms with Crippen LogP contribution < -0.4 is 20.1 Å². The number of amides is 4. The average molecular weight is 667 g/mol. The molecule has 1 aliphatic heterocycles. The Hall–Kier alpha value is -3.83. The van der Waals surface area contributed by atoms with E-state index in [9.17, 15) is 19.5 Å². The van der Waals surface area contributed by atoms with Crippen molar-refractivity contribution < 1.29 is 33.7 Å². The Morgan fingerprint density at radius 1 is 1.00 bits per heavy atom. The lowest BCUT2D eigenvalue weighted by Gasteiger charge is -2.36. The van der Waals surface area contributed by atoms with Crippen LogP contribution in [0.2, 0.25) is 0 Å². The predicted molar refractivity (Wildman–Crippen MR) is 187 cm³/mol. The molecule has 2 aromatic rings. The Bertz CT molecular complexity index is 1350. The molecule has 4 atom stereocenters. The molecule has 1 aliphatic carbocycles. The summed E-state index contributed by atoms with van der Waals surface area (Å²) in [5.41, 5.74) is 1.29. The van der Waals surface area contributed by atoms with Gasteiger partial charge in [0.05, 0.1) is 37.5 Å². The fourth-order valence-electron chi connectivity index (χ4n) is 6.45. The van der Waals surface area contributed by atoms with Crippen molar-refractivity contribution in [3.63, 3.8) is 0 Å². The molecular weight excluding hydrogens is 612 g/mol. The highest BCUT2D eigenvalue weighted by molar-refractivity contribution is 6.02. The first-order valence-corrected chi connectivity index (χ1v) is 17.4. The molecule has 2 aliphatic rings. The topological polar surface area (TPSA) is 130 Å². The number of rotatable bonds is 8. The van der Waals surface area contributed by atoms with E-state index in [4.69, 9.17) is 14.2 Å². The Morgan fingerprint density at radius 3 is 2.35 bits per heavy atom. The van der Waals surface area contributed by atoms with Crippen molar-refractivity contribution in [3.8, 4) is 11.5 Å². The summed E-state index contributed by atoms with van der Waals surface area (Å²) in [6.07, 6.45) is 7.23. The van der Waals surface area contributed by atoms with E-state index in [1.165, 1.54) is 6.42 Å². The zero-order chi connectivity index (χ0) is 34.6. The van der Waals surface area contributed by atoms with Gasteiger partial charge in [-0.3, -0.25) is 9.59 Å². The minimum atomic E-state index is -0.504. The summed E-state index contributed by atoms with van der Waals surface area (Å²) >= 11 is 0. The molecule has 0 radical (unpaired) electrons. The van der Waals surface area contributed by atoms with Crippen molar-refractivity contribution in [3.05, 3.63) is 48.0 Å². The lowest BCUT2D eigenvalue weighted by atomic mass is 9.88. The first kappa shape index (κ1) is 37.0. The molecule has 0 spiro atoms. The second-order valence-corrected chi connectivity index (χ2v) is 13.4. The van der Waals surface area contributed by atoms with Crippen LogP contribution >= 0.6 is 0 Å². The molecule has 3 N–H and O–H groups in total. The zero-order valence-electron chi connectivity index (χ0n) is 29.2. The highest BCUT2D eigenvalue weighted by Gasteiger charge is 2.32. The van der Waals surface area contributed by atoms with Crippen LogP contribution in [0.25, 0.3) is 0 Å². The Labute approximate surface area is 285 Å². The highest BCUT2D eigenvalue weighted by atomic mass is 16.5. The normalized spacial score (nSPS) is 22.0. The van der Waals surface area contributed by atoms with E-state index in [1.54, 1.807) is 61.4 Å². The molecule has 264 valence electrons. The standard InChI is InChI=1S/C37H54N4O7/c1-25-22-41(26(2)24-42)36(44)32-21-30(39-37(45)38-29-14-17-31(46-5)18-15-29)16-19-33(32)48-27(3)11-9-10-20-47-34(25)23-40(4)35(43)28-12-7-6-8-13-28/h14-19,21,25-28,34,42H,6-13,20,22-24H2,1-5H3,(H2,38,39,45)/t25-,26-,27+,34+/m1/s1. The number of aliphatic hydroxyl groups excluding tert-OH is 1. The van der Waals surface area contributed by atoms with Gasteiger partial charge in [0.1, 0.15) is 11.5 Å². The van der Waals surface area contributed by atoms with E-state index >= 15 is 0 Å². The number of nitrogens with one attached hydrogen (secondary N) is 2. The molecule has 4 rings (SSSR count). The van der Waals surface area contributed by atoms with Crippen LogP contribution in [0.1, 0.15) is 82.5 Å². The smallest absolute Gasteiger partial charge is 0.323 e. The average Bonchev–Trinajstić information content (AvgIpc) is 3.09. The monoisotopic (exact) mass is 666 g/mol. The van der Waals surface area contributed by atoms with E-state index in [1.807, 2.05) is 25.8 Å². The Morgan fingerprint density at radius 2 is 1.67 bits per heavy atom. The number of urea groups is 1. The minimum Gasteiger partial charge on any atom is -0.497 e. The van der Waals surface area contributed by atoms with Gasteiger partial charge in [-0.1, -0.05) is 26.2 Å². The number of fused-ring (bicyclic) bond motifs is 1. The molecule has 0 aromatic heterocycles. The van der Waals surface area contributed by atoms with E-state index in [0.717, 1.165) is 44.9 Å². The number of methoxy groups -OCH3 is 1. The number of anilines is 2. The maximum absolute atomic E-state index is 14.4. The number of ether oxygens (including phenoxy) is 3. The molecule has 1 heterocycles. The van der Waals surface area contributed by atoms with E-state index in [0.29, 0.717) is 42.6 Å². The van der Waals surface area contributed by atoms with Gasteiger partial charge in [-0.25, -0.2) is 4.79 Å². The predicted octanol–water partition coefficient (Wildman–Crippen LogP) is 6.17. The molecule has 1 fully saturated rings. The van der Waals surface area contributed by atoms with E-state index in [-0.39, 0.29) is 48.0 Å². The molecule has 0 bridgehead atoms. The third-order valence-corrected chi connectivity index (χ3v) is 9.44. The number of hydrogen-bond donors (Lipinski definition) is 3. The summed E-state index contributed by atoms with van der Waals surface area (Å²) in [6, 6.07) is 11.0. The molecule has 2 aromatic carbocycles. The largest absolute Gasteiger partial charge is 0.497 e. The Kier molecular flexibility index (Phi) is 13.9. The van der Waals surface area contributed by atoms with Crippen LogP contribution in [0.5, 0.6) is 11.5 Å². The summed E-state index contributed by atoms with van der Waals surface area (Å²) < 4.78 is 17.9. The maximum Gasteiger partial charge on any atom is 0.323 e. The van der Waals surface area contributed by atoms with Gasteiger partial charge in [-0.05, 0) is 88.4 Å². The van der Waals surface area contributed by atoms with Crippen molar-refractivity contribution in [2.75, 3.05) is 51.1 Å². The fraction of sp³-hybridized carbons (Fsp3) is 0.595. The molecule has 1 saturated carbocycles. The number of aliphatic hydroxyl groups is 1. The molecule has 48 heavy (non-hydrogen) atoms. The van der Waals surface area contributed by atoms with Gasteiger partial charge in [0, 0.05) is 50.0 Å². The SMILES string of the molecule is COc1ccc(NC(=O)Nc2ccc3c(c2)C(=O)N([C@H](C)CO)C[C@@H](C)[C@H](CN(C)C(=O)C2CCCCC2)OCCCC[C@H](C)O3)cc1. The van der Waals surface area contributed by atoms with Crippen LogP contribution in [0, 0.1) is 11.8 Å². The molecule has 11 heteroatoms. The summed E-state index contributed by atoms with van der Waals surface area (Å²) in [6.45, 7) is 6.83. The van der Waals surface area contributed by atoms with E-state index < -0.39 is 12.1 Å². The number of hydrogen-bond acceptors (Lipinski definition) is 7. The lowest BCUT2D eigenvalue weighted by Crippen LogP contribution is -2.48. The number of likely N-dealkylation sites (N-methyl/N-ethyl adjacent to an activating group) is 1. The number of nitrogens with zero attached hydrogens (tertiary/aromatic N) is 2. The molecular formula is C37H54N4O7. The first-order valence-electron chi connectivity index (χ1n) is 17.4. The molecule has 4 amide bonds. The van der Waals surface area contributed by atoms with Crippen molar-refractivity contribution >= 4 is 29.2 Å². The third-order valence-electron chi connectivity index (χ3n) is 9.44. The quantitative estimate of drug-likeness (QED) is 0.307. The van der Waals surface area contributed by atoms with Crippen LogP contribution in [0.4, 0.5) is 16.2 Å². The van der Waals surface area contributed by atoms with Crippen LogP contribution in [-0.4, -0.2) is 91.5 Å². The summed E-state index contributed by atoms with van der Waals surface area (Å²) in [7, 11) is 3.43. The molecule has 11 nitrogen and oxygen atoms in total. The van der Waals surface area contributed by atoms with Gasteiger partial charge in [0.25, 0.3) is 5.91 Å². The Balaban J connectivity index is 1.57. The number of benzene rings is 2. The van der Waals surface area contributed by atoms with Crippen LogP contribution in [0.3, 0.4) is 0 Å². The van der Waals surface area contributed by atoms with Gasteiger partial charge in [-0.15, -0.1) is 0 Å². The summed E-state index contributed by atoms with van der Waals surface area (Å²) in [4.78, 5) is 44.1. The maximum atomic E-state index is 14.4. The zero-order valence-corrected chi connectivity index (χ0v) is 29.2. The van der Waals surface area contributed by atoms with E-state index in [2.05, 4.69) is 10.6 Å². The van der Waals surface area contributed by atoms with Crippen molar-refractivity contribution in [1.82, 2.24) is 9.80 Å². The number of carbonyl (C=O) groups is 3. The molecule has 0 unspecified atom stereocenters. The molecule has 0 saturated heterocycles. The lowest BCUT2D eigenvalue weighted by molar-refractivity contribution is -0.137. The van der Waals surface area contributed by atoms with Gasteiger partial charge in [0.2, 0.25) is 5.91 Å². The summed E-state index contributed by atoms with van der Waals surface area (Å²) in [5.74, 6) is 0.842. The van der Waals surface area contributed by atoms with Gasteiger partial charge >= 0.3 is 6.03 Å².